The number of nitrogens with zero attached hydrogens (tertiary/aromatic N) is 2. The molecule has 0 bridgehead atoms. The monoisotopic (exact) mass is 381 g/mol. The minimum atomic E-state index is -0.297. The standard InChI is InChI=1S/C19H27N3O3.ClH/c1-2-25-17-9-4-3-8-16(17)22-13-14(11-18(22)23)19(24)21-10-6-5-7-15(21)12-20;/h3-4,8-9,14-15H,2,5-7,10-13,20H2,1H3;1H. The second-order valence-electron chi connectivity index (χ2n) is 6.72. The second kappa shape index (κ2) is 9.24. The van der Waals surface area contributed by atoms with Gasteiger partial charge in [0.1, 0.15) is 5.75 Å². The van der Waals surface area contributed by atoms with Gasteiger partial charge >= 0.3 is 0 Å². The molecule has 2 aliphatic heterocycles. The predicted molar refractivity (Wildman–Crippen MR) is 104 cm³/mol. The Kier molecular flexibility index (Phi) is 7.29. The first-order valence-electron chi connectivity index (χ1n) is 9.18. The summed E-state index contributed by atoms with van der Waals surface area (Å²) in [4.78, 5) is 29.1. The molecule has 0 spiro atoms. The van der Waals surface area contributed by atoms with Gasteiger partial charge in [-0.1, -0.05) is 12.1 Å². The Morgan fingerprint density at radius 1 is 1.31 bits per heavy atom. The summed E-state index contributed by atoms with van der Waals surface area (Å²) in [5, 5.41) is 0. The number of hydrogen-bond acceptors (Lipinski definition) is 4. The summed E-state index contributed by atoms with van der Waals surface area (Å²) < 4.78 is 5.64. The molecule has 2 heterocycles. The van der Waals surface area contributed by atoms with Crippen molar-refractivity contribution < 1.29 is 14.3 Å². The summed E-state index contributed by atoms with van der Waals surface area (Å²) in [7, 11) is 0. The molecule has 2 unspecified atom stereocenters. The number of anilines is 1. The van der Waals surface area contributed by atoms with Gasteiger partial charge < -0.3 is 20.3 Å². The first-order valence-corrected chi connectivity index (χ1v) is 9.18. The van der Waals surface area contributed by atoms with Crippen molar-refractivity contribution in [1.29, 1.82) is 0 Å². The van der Waals surface area contributed by atoms with Gasteiger partial charge in [0.25, 0.3) is 0 Å². The van der Waals surface area contributed by atoms with Crippen LogP contribution in [0.5, 0.6) is 5.75 Å². The van der Waals surface area contributed by atoms with Gasteiger partial charge in [0.2, 0.25) is 11.8 Å². The van der Waals surface area contributed by atoms with E-state index in [0.29, 0.717) is 25.4 Å². The number of para-hydroxylation sites is 2. The maximum atomic E-state index is 13.0. The van der Waals surface area contributed by atoms with E-state index in [1.54, 1.807) is 4.90 Å². The lowest BCUT2D eigenvalue weighted by molar-refractivity contribution is -0.139. The number of hydrogen-bond donors (Lipinski definition) is 1. The summed E-state index contributed by atoms with van der Waals surface area (Å²) >= 11 is 0. The number of carbonyl (C=O) groups is 2. The minimum absolute atomic E-state index is 0. The van der Waals surface area contributed by atoms with E-state index in [1.165, 1.54) is 0 Å². The van der Waals surface area contributed by atoms with Crippen LogP contribution in [0.15, 0.2) is 24.3 Å². The third-order valence-corrected chi connectivity index (χ3v) is 5.11. The molecule has 0 aliphatic carbocycles. The molecule has 2 amide bonds. The van der Waals surface area contributed by atoms with E-state index in [1.807, 2.05) is 36.1 Å². The quantitative estimate of drug-likeness (QED) is 0.848. The highest BCUT2D eigenvalue weighted by Crippen LogP contribution is 2.34. The Hall–Kier alpha value is -1.79. The zero-order valence-corrected chi connectivity index (χ0v) is 16.0. The highest BCUT2D eigenvalue weighted by molar-refractivity contribution is 6.01. The van der Waals surface area contributed by atoms with Crippen molar-refractivity contribution in [2.75, 3.05) is 31.1 Å². The van der Waals surface area contributed by atoms with Gasteiger partial charge in [-0.05, 0) is 38.3 Å². The van der Waals surface area contributed by atoms with Gasteiger partial charge in [0.15, 0.2) is 0 Å². The predicted octanol–water partition coefficient (Wildman–Crippen LogP) is 2.20. The number of nitrogens with two attached hydrogens (primary N) is 1. The molecule has 0 aromatic heterocycles. The smallest absolute Gasteiger partial charge is 0.228 e. The van der Waals surface area contributed by atoms with E-state index >= 15 is 0 Å². The molecule has 1 aromatic rings. The SMILES string of the molecule is CCOc1ccccc1N1CC(C(=O)N2CCCCC2CN)CC1=O.Cl. The largest absolute Gasteiger partial charge is 0.492 e. The van der Waals surface area contributed by atoms with Crippen LogP contribution in [-0.2, 0) is 9.59 Å². The average Bonchev–Trinajstić information content (AvgIpc) is 3.03. The van der Waals surface area contributed by atoms with Crippen LogP contribution in [0.4, 0.5) is 5.69 Å². The molecular weight excluding hydrogens is 354 g/mol. The Balaban J connectivity index is 0.00000243. The number of carbonyl (C=O) groups excluding carboxylic acids is 2. The fourth-order valence-electron chi connectivity index (χ4n) is 3.83. The van der Waals surface area contributed by atoms with Gasteiger partial charge in [0, 0.05) is 32.1 Å². The Morgan fingerprint density at radius 2 is 2.08 bits per heavy atom. The van der Waals surface area contributed by atoms with E-state index in [9.17, 15) is 9.59 Å². The van der Waals surface area contributed by atoms with E-state index in [0.717, 1.165) is 31.5 Å². The maximum absolute atomic E-state index is 13.0. The number of rotatable bonds is 5. The van der Waals surface area contributed by atoms with E-state index in [4.69, 9.17) is 10.5 Å². The molecule has 2 fully saturated rings. The van der Waals surface area contributed by atoms with Gasteiger partial charge in [-0.25, -0.2) is 0 Å². The lowest BCUT2D eigenvalue weighted by Gasteiger charge is -2.36. The zero-order chi connectivity index (χ0) is 17.8. The van der Waals surface area contributed by atoms with Crippen molar-refractivity contribution in [2.45, 2.75) is 38.6 Å². The van der Waals surface area contributed by atoms with Crippen LogP contribution in [0, 0.1) is 5.92 Å². The molecule has 2 N–H and O–H groups in total. The van der Waals surface area contributed by atoms with E-state index < -0.39 is 0 Å². The topological polar surface area (TPSA) is 75.9 Å². The molecule has 0 radical (unpaired) electrons. The van der Waals surface area contributed by atoms with Crippen LogP contribution in [0.3, 0.4) is 0 Å². The number of halogens is 1. The second-order valence-corrected chi connectivity index (χ2v) is 6.72. The van der Waals surface area contributed by atoms with Gasteiger partial charge in [-0.2, -0.15) is 0 Å². The molecular formula is C19H28ClN3O3. The molecule has 1 aromatic carbocycles. The lowest BCUT2D eigenvalue weighted by Crippen LogP contribution is -2.50. The number of amides is 2. The molecule has 144 valence electrons. The van der Waals surface area contributed by atoms with E-state index in [2.05, 4.69) is 0 Å². The average molecular weight is 382 g/mol. The number of ether oxygens (including phenoxy) is 1. The first kappa shape index (κ1) is 20.5. The molecule has 0 saturated carbocycles. The van der Waals surface area contributed by atoms with Gasteiger partial charge in [0.05, 0.1) is 18.2 Å². The molecule has 2 aliphatic rings. The van der Waals surface area contributed by atoms with Crippen LogP contribution < -0.4 is 15.4 Å². The van der Waals surface area contributed by atoms with Gasteiger partial charge in [-0.15, -0.1) is 12.4 Å². The van der Waals surface area contributed by atoms with Crippen molar-refractivity contribution in [3.8, 4) is 5.75 Å². The Bertz CT molecular complexity index is 640. The van der Waals surface area contributed by atoms with Gasteiger partial charge in [-0.3, -0.25) is 9.59 Å². The first-order chi connectivity index (χ1) is 12.2. The Labute approximate surface area is 161 Å². The molecule has 3 rings (SSSR count). The molecule has 2 saturated heterocycles. The van der Waals surface area contributed by atoms with Crippen molar-refractivity contribution >= 4 is 29.9 Å². The fraction of sp³-hybridized carbons (Fsp3) is 0.579. The van der Waals surface area contributed by atoms with Crippen molar-refractivity contribution in [2.24, 2.45) is 11.7 Å². The Morgan fingerprint density at radius 3 is 2.81 bits per heavy atom. The highest BCUT2D eigenvalue weighted by Gasteiger charge is 2.39. The number of benzene rings is 1. The molecule has 2 atom stereocenters. The number of piperidine rings is 1. The summed E-state index contributed by atoms with van der Waals surface area (Å²) in [6.45, 7) is 4.10. The summed E-state index contributed by atoms with van der Waals surface area (Å²) in [5.41, 5.74) is 6.59. The maximum Gasteiger partial charge on any atom is 0.228 e. The third kappa shape index (κ3) is 4.13. The molecule has 26 heavy (non-hydrogen) atoms. The summed E-state index contributed by atoms with van der Waals surface area (Å²) in [6, 6.07) is 7.61. The van der Waals surface area contributed by atoms with Crippen LogP contribution in [0.25, 0.3) is 0 Å². The van der Waals surface area contributed by atoms with Crippen molar-refractivity contribution in [3.63, 3.8) is 0 Å². The van der Waals surface area contributed by atoms with Crippen LogP contribution >= 0.6 is 12.4 Å². The van der Waals surface area contributed by atoms with Crippen molar-refractivity contribution in [1.82, 2.24) is 4.90 Å². The molecule has 7 heteroatoms. The fourth-order valence-corrected chi connectivity index (χ4v) is 3.83. The number of likely N-dealkylation sites (tertiary alicyclic amines) is 1. The normalized spacial score (nSPS) is 22.9. The van der Waals surface area contributed by atoms with E-state index in [-0.39, 0.29) is 42.6 Å². The highest BCUT2D eigenvalue weighted by atomic mass is 35.5. The zero-order valence-electron chi connectivity index (χ0n) is 15.2. The van der Waals surface area contributed by atoms with Crippen molar-refractivity contribution in [3.05, 3.63) is 24.3 Å². The van der Waals surface area contributed by atoms with Crippen LogP contribution in [0.2, 0.25) is 0 Å². The minimum Gasteiger partial charge on any atom is -0.492 e. The third-order valence-electron chi connectivity index (χ3n) is 5.11. The lowest BCUT2D eigenvalue weighted by atomic mass is 9.98. The van der Waals surface area contributed by atoms with Crippen LogP contribution in [-0.4, -0.2) is 49.0 Å². The molecule has 6 nitrogen and oxygen atoms in total. The van der Waals surface area contributed by atoms with Crippen LogP contribution in [0.1, 0.15) is 32.6 Å². The summed E-state index contributed by atoms with van der Waals surface area (Å²) in [6.07, 6.45) is 3.34. The summed E-state index contributed by atoms with van der Waals surface area (Å²) in [5.74, 6) is 0.435.